The normalized spacial score (nSPS) is 11.6. The van der Waals surface area contributed by atoms with Gasteiger partial charge in [0.2, 0.25) is 0 Å². The van der Waals surface area contributed by atoms with Crippen molar-refractivity contribution in [2.75, 3.05) is 20.2 Å². The Morgan fingerprint density at radius 3 is 2.63 bits per heavy atom. The first kappa shape index (κ1) is 15.3. The fourth-order valence-electron chi connectivity index (χ4n) is 1.43. The summed E-state index contributed by atoms with van der Waals surface area (Å²) in [4.78, 5) is 23.9. The number of aliphatic hydroxyl groups excluding tert-OH is 1. The minimum Gasteiger partial charge on any atom is -0.394 e. The van der Waals surface area contributed by atoms with Gasteiger partial charge in [-0.3, -0.25) is 19.8 Å². The van der Waals surface area contributed by atoms with Gasteiger partial charge >= 0.3 is 0 Å². The molecule has 0 heterocycles. The lowest BCUT2D eigenvalue weighted by Gasteiger charge is -2.33. The van der Waals surface area contributed by atoms with Gasteiger partial charge in [-0.2, -0.15) is 0 Å². The highest BCUT2D eigenvalue weighted by atomic mass is 16.6. The number of rotatable bonds is 6. The Balaban J connectivity index is 2.84. The molecule has 1 aromatic rings. The van der Waals surface area contributed by atoms with E-state index in [2.05, 4.69) is 0 Å². The smallest absolute Gasteiger partial charge is 0.270 e. The maximum Gasteiger partial charge on any atom is 0.270 e. The van der Waals surface area contributed by atoms with Gasteiger partial charge in [0.1, 0.15) is 0 Å². The van der Waals surface area contributed by atoms with E-state index in [1.807, 2.05) is 13.8 Å². The zero-order valence-corrected chi connectivity index (χ0v) is 11.3. The predicted molar refractivity (Wildman–Crippen MR) is 71.2 cm³/mol. The van der Waals surface area contributed by atoms with Gasteiger partial charge in [0.05, 0.1) is 18.1 Å². The number of likely N-dealkylation sites (N-methyl/N-ethyl adjacent to an activating group) is 1. The lowest BCUT2D eigenvalue weighted by atomic mass is 10.0. The standard InChI is InChI=1S/C13H18N2O4/c1-13(2,9-16)14(3)8-12(17)10-5-4-6-11(7-10)15(18)19/h4-7,16H,8-9H2,1-3H3. The summed E-state index contributed by atoms with van der Waals surface area (Å²) in [6.45, 7) is 3.64. The predicted octanol–water partition coefficient (Wildman–Crippen LogP) is 1.48. The highest BCUT2D eigenvalue weighted by molar-refractivity contribution is 5.98. The van der Waals surface area contributed by atoms with Crippen molar-refractivity contribution < 1.29 is 14.8 Å². The van der Waals surface area contributed by atoms with Gasteiger partial charge < -0.3 is 5.11 Å². The molecule has 0 saturated carbocycles. The van der Waals surface area contributed by atoms with Crippen LogP contribution < -0.4 is 0 Å². The fraction of sp³-hybridized carbons (Fsp3) is 0.462. The molecule has 0 spiro atoms. The Hall–Kier alpha value is -1.79. The topological polar surface area (TPSA) is 83.7 Å². The van der Waals surface area contributed by atoms with Crippen LogP contribution in [0.5, 0.6) is 0 Å². The quantitative estimate of drug-likeness (QED) is 0.479. The Morgan fingerprint density at radius 1 is 1.47 bits per heavy atom. The number of aliphatic hydroxyl groups is 1. The molecule has 0 radical (unpaired) electrons. The molecular weight excluding hydrogens is 248 g/mol. The van der Waals surface area contributed by atoms with Crippen LogP contribution in [0, 0.1) is 10.1 Å². The van der Waals surface area contributed by atoms with Gasteiger partial charge in [-0.1, -0.05) is 12.1 Å². The number of nitrogens with zero attached hydrogens (tertiary/aromatic N) is 2. The van der Waals surface area contributed by atoms with Crippen LogP contribution in [0.2, 0.25) is 0 Å². The molecule has 0 aliphatic heterocycles. The molecule has 0 bridgehead atoms. The summed E-state index contributed by atoms with van der Waals surface area (Å²) in [5.74, 6) is -0.215. The van der Waals surface area contributed by atoms with Crippen LogP contribution in [0.15, 0.2) is 24.3 Å². The summed E-state index contributed by atoms with van der Waals surface area (Å²) in [6, 6.07) is 5.65. The van der Waals surface area contributed by atoms with Gasteiger partial charge in [-0.25, -0.2) is 0 Å². The number of Topliss-reactive ketones (excluding diaryl/α,β-unsaturated/α-hetero) is 1. The van der Waals surface area contributed by atoms with Gasteiger partial charge in [-0.05, 0) is 20.9 Å². The number of hydrogen-bond acceptors (Lipinski definition) is 5. The Kier molecular flexibility index (Phi) is 4.74. The number of hydrogen-bond donors (Lipinski definition) is 1. The van der Waals surface area contributed by atoms with Crippen LogP contribution in [0.1, 0.15) is 24.2 Å². The molecule has 1 aromatic carbocycles. The lowest BCUT2D eigenvalue weighted by Crippen LogP contribution is -2.46. The largest absolute Gasteiger partial charge is 0.394 e. The molecule has 6 heteroatoms. The van der Waals surface area contributed by atoms with Crippen molar-refractivity contribution in [1.29, 1.82) is 0 Å². The highest BCUT2D eigenvalue weighted by Crippen LogP contribution is 2.16. The van der Waals surface area contributed by atoms with E-state index in [1.165, 1.54) is 18.2 Å². The van der Waals surface area contributed by atoms with Crippen molar-refractivity contribution in [2.45, 2.75) is 19.4 Å². The number of nitro benzene ring substituents is 1. The first-order chi connectivity index (χ1) is 8.77. The lowest BCUT2D eigenvalue weighted by molar-refractivity contribution is -0.384. The van der Waals surface area contributed by atoms with Crippen LogP contribution in [-0.2, 0) is 0 Å². The molecule has 0 saturated heterocycles. The third-order valence-electron chi connectivity index (χ3n) is 3.18. The third kappa shape index (κ3) is 3.84. The van der Waals surface area contributed by atoms with Crippen molar-refractivity contribution in [1.82, 2.24) is 4.90 Å². The Bertz CT molecular complexity index is 485. The van der Waals surface area contributed by atoms with Crippen molar-refractivity contribution in [3.8, 4) is 0 Å². The second kappa shape index (κ2) is 5.90. The van der Waals surface area contributed by atoms with Crippen LogP contribution in [0.4, 0.5) is 5.69 Å². The van der Waals surface area contributed by atoms with Crippen molar-refractivity contribution in [3.05, 3.63) is 39.9 Å². The molecule has 0 amide bonds. The molecule has 1 N–H and O–H groups in total. The number of nitro groups is 1. The van der Waals surface area contributed by atoms with E-state index in [9.17, 15) is 20.0 Å². The molecule has 0 aliphatic carbocycles. The summed E-state index contributed by atoms with van der Waals surface area (Å²) in [7, 11) is 1.73. The summed E-state index contributed by atoms with van der Waals surface area (Å²) in [6.07, 6.45) is 0. The minimum atomic E-state index is -0.530. The average Bonchev–Trinajstić information content (AvgIpc) is 2.38. The number of carbonyl (C=O) groups excluding carboxylic acids is 1. The Labute approximate surface area is 111 Å². The van der Waals surface area contributed by atoms with E-state index in [4.69, 9.17) is 0 Å². The van der Waals surface area contributed by atoms with Crippen molar-refractivity contribution in [3.63, 3.8) is 0 Å². The molecular formula is C13H18N2O4. The first-order valence-electron chi connectivity index (χ1n) is 5.87. The first-order valence-corrected chi connectivity index (χ1v) is 5.87. The minimum absolute atomic E-state index is 0.0777. The number of ketones is 1. The van der Waals surface area contributed by atoms with Crippen molar-refractivity contribution in [2.24, 2.45) is 0 Å². The van der Waals surface area contributed by atoms with Gasteiger partial charge in [-0.15, -0.1) is 0 Å². The van der Waals surface area contributed by atoms with E-state index < -0.39 is 10.5 Å². The monoisotopic (exact) mass is 266 g/mol. The van der Waals surface area contributed by atoms with Crippen LogP contribution in [0.25, 0.3) is 0 Å². The summed E-state index contributed by atoms with van der Waals surface area (Å²) in [5, 5.41) is 19.9. The Morgan fingerprint density at radius 2 is 2.11 bits per heavy atom. The molecule has 0 fully saturated rings. The molecule has 0 atom stereocenters. The highest BCUT2D eigenvalue weighted by Gasteiger charge is 2.24. The fourth-order valence-corrected chi connectivity index (χ4v) is 1.43. The summed E-state index contributed by atoms with van der Waals surface area (Å²) in [5.41, 5.74) is -0.319. The maximum absolute atomic E-state index is 12.0. The van der Waals surface area contributed by atoms with E-state index >= 15 is 0 Å². The zero-order chi connectivity index (χ0) is 14.6. The van der Waals surface area contributed by atoms with Gasteiger partial charge in [0.15, 0.2) is 5.78 Å². The van der Waals surface area contributed by atoms with E-state index in [0.717, 1.165) is 0 Å². The second-order valence-electron chi connectivity index (χ2n) is 5.06. The molecule has 0 aromatic heterocycles. The molecule has 0 aliphatic rings. The zero-order valence-electron chi connectivity index (χ0n) is 11.3. The van der Waals surface area contributed by atoms with Crippen LogP contribution >= 0.6 is 0 Å². The molecule has 19 heavy (non-hydrogen) atoms. The molecule has 6 nitrogen and oxygen atoms in total. The van der Waals surface area contributed by atoms with E-state index in [-0.39, 0.29) is 24.6 Å². The summed E-state index contributed by atoms with van der Waals surface area (Å²) >= 11 is 0. The number of benzene rings is 1. The number of carbonyl (C=O) groups is 1. The SMILES string of the molecule is CN(CC(=O)c1cccc([N+](=O)[O-])c1)C(C)(C)CO. The van der Waals surface area contributed by atoms with Crippen LogP contribution in [-0.4, -0.2) is 46.5 Å². The number of non-ortho nitro benzene ring substituents is 1. The van der Waals surface area contributed by atoms with Gasteiger partial charge in [0.25, 0.3) is 5.69 Å². The average molecular weight is 266 g/mol. The van der Waals surface area contributed by atoms with Crippen molar-refractivity contribution >= 4 is 11.5 Å². The molecule has 104 valence electrons. The third-order valence-corrected chi connectivity index (χ3v) is 3.18. The maximum atomic E-state index is 12.0. The molecule has 1 rings (SSSR count). The van der Waals surface area contributed by atoms with E-state index in [1.54, 1.807) is 18.0 Å². The summed E-state index contributed by atoms with van der Waals surface area (Å²) < 4.78 is 0. The molecule has 0 unspecified atom stereocenters. The van der Waals surface area contributed by atoms with E-state index in [0.29, 0.717) is 5.56 Å². The second-order valence-corrected chi connectivity index (χ2v) is 5.06. The van der Waals surface area contributed by atoms with Gasteiger partial charge in [0, 0.05) is 23.2 Å². The van der Waals surface area contributed by atoms with Crippen LogP contribution in [0.3, 0.4) is 0 Å².